The Bertz CT molecular complexity index is 832. The van der Waals surface area contributed by atoms with Gasteiger partial charge in [-0.3, -0.25) is 4.79 Å². The fourth-order valence-corrected chi connectivity index (χ4v) is 4.40. The molecule has 2 aliphatic heterocycles. The summed E-state index contributed by atoms with van der Waals surface area (Å²) in [6, 6.07) is 16.2. The lowest BCUT2D eigenvalue weighted by atomic mass is 10.0. The fourth-order valence-electron chi connectivity index (χ4n) is 4.40. The average molecular weight is 394 g/mol. The molecule has 2 saturated heterocycles. The largest absolute Gasteiger partial charge is 0.493 e. The van der Waals surface area contributed by atoms with Crippen LogP contribution < -0.4 is 15.0 Å². The highest BCUT2D eigenvalue weighted by Gasteiger charge is 2.39. The lowest BCUT2D eigenvalue weighted by Gasteiger charge is -2.26. The van der Waals surface area contributed by atoms with Crippen molar-refractivity contribution in [2.45, 2.75) is 26.3 Å². The molecule has 29 heavy (non-hydrogen) atoms. The molecule has 4 rings (SSSR count). The maximum absolute atomic E-state index is 12.6. The molecule has 1 amide bonds. The zero-order chi connectivity index (χ0) is 20.4. The second kappa shape index (κ2) is 8.46. The van der Waals surface area contributed by atoms with Crippen LogP contribution in [0.5, 0.6) is 5.75 Å². The monoisotopic (exact) mass is 393 g/mol. The van der Waals surface area contributed by atoms with E-state index in [0.717, 1.165) is 30.4 Å². The van der Waals surface area contributed by atoms with Crippen molar-refractivity contribution in [3.05, 3.63) is 54.1 Å². The average Bonchev–Trinajstić information content (AvgIpc) is 3.26. The molecule has 0 unspecified atom stereocenters. The topological polar surface area (TPSA) is 44.8 Å². The van der Waals surface area contributed by atoms with E-state index in [1.807, 2.05) is 24.3 Å². The normalized spacial score (nSPS) is 21.4. The SMILES string of the molecule is CC(C)COc1ccc(C(=O)Nc2ccc(N3CC[C@H]4CN(C)C[C@H]43)cc2)cc1. The molecule has 0 radical (unpaired) electrons. The molecule has 1 N–H and O–H groups in total. The number of amides is 1. The maximum atomic E-state index is 12.6. The van der Waals surface area contributed by atoms with Gasteiger partial charge in [-0.1, -0.05) is 13.8 Å². The van der Waals surface area contributed by atoms with Gasteiger partial charge in [0.15, 0.2) is 0 Å². The summed E-state index contributed by atoms with van der Waals surface area (Å²) in [5.74, 6) is 1.95. The molecule has 5 nitrogen and oxygen atoms in total. The molecule has 0 aromatic heterocycles. The third-order valence-electron chi connectivity index (χ3n) is 5.89. The number of rotatable bonds is 6. The quantitative estimate of drug-likeness (QED) is 0.802. The minimum absolute atomic E-state index is 0.105. The van der Waals surface area contributed by atoms with Gasteiger partial charge < -0.3 is 19.9 Å². The van der Waals surface area contributed by atoms with E-state index in [4.69, 9.17) is 4.74 Å². The number of benzene rings is 2. The lowest BCUT2D eigenvalue weighted by Crippen LogP contribution is -2.34. The number of hydrogen-bond acceptors (Lipinski definition) is 4. The number of ether oxygens (including phenoxy) is 1. The van der Waals surface area contributed by atoms with E-state index in [1.54, 1.807) is 12.1 Å². The molecule has 0 saturated carbocycles. The number of hydrogen-bond donors (Lipinski definition) is 1. The van der Waals surface area contributed by atoms with Crippen LogP contribution in [0.2, 0.25) is 0 Å². The molecule has 2 heterocycles. The van der Waals surface area contributed by atoms with Crippen LogP contribution in [-0.2, 0) is 0 Å². The second-order valence-electron chi connectivity index (χ2n) is 8.76. The van der Waals surface area contributed by atoms with Crippen molar-refractivity contribution in [2.75, 3.05) is 43.5 Å². The van der Waals surface area contributed by atoms with Gasteiger partial charge in [-0.25, -0.2) is 0 Å². The van der Waals surface area contributed by atoms with E-state index in [0.29, 0.717) is 24.1 Å². The van der Waals surface area contributed by atoms with Crippen LogP contribution in [0.15, 0.2) is 48.5 Å². The predicted molar refractivity (Wildman–Crippen MR) is 118 cm³/mol. The van der Waals surface area contributed by atoms with Crippen LogP contribution >= 0.6 is 0 Å². The number of nitrogens with zero attached hydrogens (tertiary/aromatic N) is 2. The van der Waals surface area contributed by atoms with Crippen molar-refractivity contribution < 1.29 is 9.53 Å². The number of fused-ring (bicyclic) bond motifs is 1. The van der Waals surface area contributed by atoms with E-state index in [1.165, 1.54) is 18.7 Å². The van der Waals surface area contributed by atoms with Gasteiger partial charge in [0, 0.05) is 42.6 Å². The van der Waals surface area contributed by atoms with Gasteiger partial charge in [-0.15, -0.1) is 0 Å². The lowest BCUT2D eigenvalue weighted by molar-refractivity contribution is 0.102. The Labute approximate surface area is 173 Å². The second-order valence-corrected chi connectivity index (χ2v) is 8.76. The van der Waals surface area contributed by atoms with Crippen LogP contribution in [-0.4, -0.2) is 50.1 Å². The molecule has 0 spiro atoms. The summed E-state index contributed by atoms with van der Waals surface area (Å²) in [6.07, 6.45) is 1.27. The summed E-state index contributed by atoms with van der Waals surface area (Å²) < 4.78 is 5.68. The molecule has 5 heteroatoms. The minimum atomic E-state index is -0.105. The summed E-state index contributed by atoms with van der Waals surface area (Å²) in [7, 11) is 2.21. The van der Waals surface area contributed by atoms with Crippen molar-refractivity contribution in [1.82, 2.24) is 4.90 Å². The molecule has 0 bridgehead atoms. The fraction of sp³-hybridized carbons (Fsp3) is 0.458. The smallest absolute Gasteiger partial charge is 0.255 e. The Morgan fingerprint density at radius 3 is 2.52 bits per heavy atom. The Kier molecular flexibility index (Phi) is 5.76. The first kappa shape index (κ1) is 19.8. The summed E-state index contributed by atoms with van der Waals surface area (Å²) >= 11 is 0. The van der Waals surface area contributed by atoms with Gasteiger partial charge in [0.2, 0.25) is 0 Å². The van der Waals surface area contributed by atoms with Crippen LogP contribution in [0.1, 0.15) is 30.6 Å². The van der Waals surface area contributed by atoms with Gasteiger partial charge >= 0.3 is 0 Å². The highest BCUT2D eigenvalue weighted by Crippen LogP contribution is 2.34. The molecular formula is C24H31N3O2. The molecule has 2 fully saturated rings. The van der Waals surface area contributed by atoms with Crippen molar-refractivity contribution in [3.8, 4) is 5.75 Å². The molecule has 2 aliphatic rings. The summed E-state index contributed by atoms with van der Waals surface area (Å²) in [6.45, 7) is 8.37. The Balaban J connectivity index is 1.35. The summed E-state index contributed by atoms with van der Waals surface area (Å²) in [5, 5.41) is 2.99. The minimum Gasteiger partial charge on any atom is -0.493 e. The summed E-state index contributed by atoms with van der Waals surface area (Å²) in [5.41, 5.74) is 2.69. The maximum Gasteiger partial charge on any atom is 0.255 e. The van der Waals surface area contributed by atoms with E-state index >= 15 is 0 Å². The molecule has 0 aliphatic carbocycles. The molecule has 2 atom stereocenters. The number of nitrogens with one attached hydrogen (secondary N) is 1. The predicted octanol–water partition coefficient (Wildman–Crippen LogP) is 4.11. The Morgan fingerprint density at radius 1 is 1.10 bits per heavy atom. The number of likely N-dealkylation sites (tertiary alicyclic amines) is 1. The third-order valence-corrected chi connectivity index (χ3v) is 5.89. The number of carbonyl (C=O) groups excluding carboxylic acids is 1. The Morgan fingerprint density at radius 2 is 1.83 bits per heavy atom. The molecule has 154 valence electrons. The molecule has 2 aromatic rings. The standard InChI is InChI=1S/C24H31N3O2/c1-17(2)16-29-22-10-4-18(5-11-22)24(28)25-20-6-8-21(9-7-20)27-13-12-19-14-26(3)15-23(19)27/h4-11,17,19,23H,12-16H2,1-3H3,(H,25,28)/t19-,23+/m0/s1. The van der Waals surface area contributed by atoms with E-state index in [-0.39, 0.29) is 5.91 Å². The van der Waals surface area contributed by atoms with Gasteiger partial charge in [0.05, 0.1) is 6.61 Å². The van der Waals surface area contributed by atoms with E-state index < -0.39 is 0 Å². The third kappa shape index (κ3) is 4.56. The first-order valence-corrected chi connectivity index (χ1v) is 10.6. The number of carbonyl (C=O) groups is 1. The highest BCUT2D eigenvalue weighted by molar-refractivity contribution is 6.04. The van der Waals surface area contributed by atoms with Crippen LogP contribution in [0.25, 0.3) is 0 Å². The van der Waals surface area contributed by atoms with Gasteiger partial charge in [0.1, 0.15) is 5.75 Å². The van der Waals surface area contributed by atoms with E-state index in [2.05, 4.69) is 48.1 Å². The van der Waals surface area contributed by atoms with Crippen LogP contribution in [0.4, 0.5) is 11.4 Å². The first-order chi connectivity index (χ1) is 14.0. The van der Waals surface area contributed by atoms with Crippen LogP contribution in [0, 0.1) is 11.8 Å². The van der Waals surface area contributed by atoms with Crippen molar-refractivity contribution >= 4 is 17.3 Å². The zero-order valence-corrected chi connectivity index (χ0v) is 17.6. The van der Waals surface area contributed by atoms with Gasteiger partial charge in [0.25, 0.3) is 5.91 Å². The zero-order valence-electron chi connectivity index (χ0n) is 17.6. The van der Waals surface area contributed by atoms with Crippen molar-refractivity contribution in [1.29, 1.82) is 0 Å². The van der Waals surface area contributed by atoms with Gasteiger partial charge in [-0.05, 0) is 73.8 Å². The first-order valence-electron chi connectivity index (χ1n) is 10.6. The van der Waals surface area contributed by atoms with Gasteiger partial charge in [-0.2, -0.15) is 0 Å². The molecule has 2 aromatic carbocycles. The highest BCUT2D eigenvalue weighted by atomic mass is 16.5. The van der Waals surface area contributed by atoms with E-state index in [9.17, 15) is 4.79 Å². The summed E-state index contributed by atoms with van der Waals surface area (Å²) in [4.78, 5) is 17.5. The van der Waals surface area contributed by atoms with Crippen molar-refractivity contribution in [3.63, 3.8) is 0 Å². The molecular weight excluding hydrogens is 362 g/mol. The number of anilines is 2. The number of likely N-dealkylation sites (N-methyl/N-ethyl adjacent to an activating group) is 1. The van der Waals surface area contributed by atoms with Crippen LogP contribution in [0.3, 0.4) is 0 Å². The van der Waals surface area contributed by atoms with Crippen molar-refractivity contribution in [2.24, 2.45) is 11.8 Å². The Hall–Kier alpha value is -2.53.